The van der Waals surface area contributed by atoms with Crippen LogP contribution in [-0.4, -0.2) is 41.2 Å². The first-order valence-corrected chi connectivity index (χ1v) is 9.48. The van der Waals surface area contributed by atoms with Crippen molar-refractivity contribution >= 4 is 29.1 Å². The molecular formula is C21H26ClN3O2. The van der Waals surface area contributed by atoms with Crippen LogP contribution in [0.2, 0.25) is 5.02 Å². The molecule has 0 aromatic heterocycles. The molecule has 0 bridgehead atoms. The van der Waals surface area contributed by atoms with Gasteiger partial charge in [-0.25, -0.2) is 0 Å². The molecule has 1 saturated heterocycles. The zero-order chi connectivity index (χ0) is 19.8. The molecule has 0 unspecified atom stereocenters. The first-order chi connectivity index (χ1) is 13.0. The summed E-state index contributed by atoms with van der Waals surface area (Å²) < 4.78 is 0. The van der Waals surface area contributed by atoms with Crippen molar-refractivity contribution in [2.75, 3.05) is 25.0 Å². The number of anilines is 1. The molecule has 27 heavy (non-hydrogen) atoms. The van der Waals surface area contributed by atoms with Crippen molar-refractivity contribution in [2.45, 2.75) is 26.2 Å². The van der Waals surface area contributed by atoms with E-state index in [4.69, 9.17) is 11.6 Å². The SMILES string of the molecule is C=CC(=O)N1CCN(/C(=C\CCCC)C(=O)Nc2ccccc2Cl)C(=C)C1. The van der Waals surface area contributed by atoms with Crippen LogP contribution in [0.15, 0.2) is 61.0 Å². The highest BCUT2D eigenvalue weighted by molar-refractivity contribution is 6.33. The minimum absolute atomic E-state index is 0.132. The van der Waals surface area contributed by atoms with E-state index >= 15 is 0 Å². The van der Waals surface area contributed by atoms with Crippen molar-refractivity contribution < 1.29 is 9.59 Å². The average molecular weight is 388 g/mol. The predicted octanol–water partition coefficient (Wildman–Crippen LogP) is 4.20. The number of unbranched alkanes of at least 4 members (excludes halogenated alkanes) is 2. The third-order valence-corrected chi connectivity index (χ3v) is 4.71. The summed E-state index contributed by atoms with van der Waals surface area (Å²) in [4.78, 5) is 28.4. The first-order valence-electron chi connectivity index (χ1n) is 9.10. The van der Waals surface area contributed by atoms with E-state index in [0.29, 0.717) is 41.7 Å². The minimum Gasteiger partial charge on any atom is -0.338 e. The summed E-state index contributed by atoms with van der Waals surface area (Å²) in [5, 5.41) is 3.37. The summed E-state index contributed by atoms with van der Waals surface area (Å²) in [6.07, 6.45) is 6.06. The van der Waals surface area contributed by atoms with Crippen molar-refractivity contribution in [3.63, 3.8) is 0 Å². The van der Waals surface area contributed by atoms with Gasteiger partial charge in [0.2, 0.25) is 5.91 Å². The van der Waals surface area contributed by atoms with Crippen LogP contribution >= 0.6 is 11.6 Å². The quantitative estimate of drug-likeness (QED) is 0.563. The van der Waals surface area contributed by atoms with E-state index in [0.717, 1.165) is 19.3 Å². The number of carbonyl (C=O) groups is 2. The molecule has 0 spiro atoms. The van der Waals surface area contributed by atoms with Crippen LogP contribution in [0.4, 0.5) is 5.69 Å². The minimum atomic E-state index is -0.233. The summed E-state index contributed by atoms with van der Waals surface area (Å²) in [6, 6.07) is 7.13. The first kappa shape index (κ1) is 20.8. The molecule has 2 rings (SSSR count). The Balaban J connectivity index is 2.19. The number of hydrogen-bond donors (Lipinski definition) is 1. The van der Waals surface area contributed by atoms with Gasteiger partial charge in [-0.05, 0) is 31.1 Å². The maximum atomic E-state index is 13.0. The number of carbonyl (C=O) groups excluding carboxylic acids is 2. The lowest BCUT2D eigenvalue weighted by Gasteiger charge is -2.38. The fraction of sp³-hybridized carbons (Fsp3) is 0.333. The van der Waals surface area contributed by atoms with E-state index in [2.05, 4.69) is 25.4 Å². The maximum Gasteiger partial charge on any atom is 0.271 e. The number of amides is 2. The molecule has 1 N–H and O–H groups in total. The van der Waals surface area contributed by atoms with Gasteiger partial charge in [0.05, 0.1) is 17.3 Å². The second-order valence-electron chi connectivity index (χ2n) is 6.35. The molecule has 1 aliphatic rings. The highest BCUT2D eigenvalue weighted by atomic mass is 35.5. The van der Waals surface area contributed by atoms with Gasteiger partial charge in [0, 0.05) is 18.8 Å². The number of rotatable bonds is 7. The lowest BCUT2D eigenvalue weighted by Crippen LogP contribution is -2.47. The van der Waals surface area contributed by atoms with Gasteiger partial charge in [0.15, 0.2) is 0 Å². The van der Waals surface area contributed by atoms with E-state index < -0.39 is 0 Å². The monoisotopic (exact) mass is 387 g/mol. The van der Waals surface area contributed by atoms with Gasteiger partial charge in [-0.3, -0.25) is 9.59 Å². The Morgan fingerprint density at radius 2 is 2.04 bits per heavy atom. The summed E-state index contributed by atoms with van der Waals surface area (Å²) >= 11 is 6.17. The molecule has 0 saturated carbocycles. The van der Waals surface area contributed by atoms with E-state index in [1.54, 1.807) is 17.0 Å². The van der Waals surface area contributed by atoms with E-state index in [1.165, 1.54) is 6.08 Å². The van der Waals surface area contributed by atoms with Crippen molar-refractivity contribution in [3.05, 3.63) is 66.0 Å². The number of allylic oxidation sites excluding steroid dienone is 1. The number of nitrogens with zero attached hydrogens (tertiary/aromatic N) is 2. The lowest BCUT2D eigenvalue weighted by molar-refractivity contribution is -0.126. The summed E-state index contributed by atoms with van der Waals surface area (Å²) in [5.74, 6) is -0.364. The van der Waals surface area contributed by atoms with Crippen LogP contribution in [0.1, 0.15) is 26.2 Å². The number of benzene rings is 1. The summed E-state index contributed by atoms with van der Waals surface area (Å²) in [7, 11) is 0. The maximum absolute atomic E-state index is 13.0. The standard InChI is InChI=1S/C21H26ClN3O2/c1-4-6-7-12-19(21(27)23-18-11-9-8-10-17(18)22)25-14-13-24(15-16(25)3)20(26)5-2/h5,8-12H,2-4,6-7,13-15H2,1H3,(H,23,27)/b19-12-. The average Bonchev–Trinajstić information content (AvgIpc) is 2.67. The molecule has 0 atom stereocenters. The topological polar surface area (TPSA) is 52.7 Å². The molecule has 1 fully saturated rings. The molecule has 1 aliphatic heterocycles. The molecule has 144 valence electrons. The van der Waals surface area contributed by atoms with Crippen LogP contribution in [0.25, 0.3) is 0 Å². The Bertz CT molecular complexity index is 758. The molecule has 0 radical (unpaired) electrons. The number of hydrogen-bond acceptors (Lipinski definition) is 3. The van der Waals surface area contributed by atoms with E-state index in [-0.39, 0.29) is 11.8 Å². The highest BCUT2D eigenvalue weighted by Crippen LogP contribution is 2.24. The molecule has 1 aromatic rings. The Kier molecular flexibility index (Phi) is 7.67. The zero-order valence-electron chi connectivity index (χ0n) is 15.7. The largest absolute Gasteiger partial charge is 0.338 e. The van der Waals surface area contributed by atoms with Crippen molar-refractivity contribution in [2.24, 2.45) is 0 Å². The Labute approximate surface area is 166 Å². The highest BCUT2D eigenvalue weighted by Gasteiger charge is 2.27. The summed E-state index contributed by atoms with van der Waals surface area (Å²) in [6.45, 7) is 11.1. The third kappa shape index (κ3) is 5.47. The van der Waals surface area contributed by atoms with Gasteiger partial charge in [-0.2, -0.15) is 0 Å². The van der Waals surface area contributed by atoms with Gasteiger partial charge in [-0.1, -0.05) is 56.3 Å². The van der Waals surface area contributed by atoms with E-state index in [9.17, 15) is 9.59 Å². The second kappa shape index (κ2) is 9.97. The smallest absolute Gasteiger partial charge is 0.271 e. The third-order valence-electron chi connectivity index (χ3n) is 4.38. The van der Waals surface area contributed by atoms with Crippen LogP contribution in [-0.2, 0) is 9.59 Å². The van der Waals surface area contributed by atoms with Crippen molar-refractivity contribution in [1.29, 1.82) is 0 Å². The van der Waals surface area contributed by atoms with Gasteiger partial charge in [0.1, 0.15) is 5.70 Å². The number of nitrogens with one attached hydrogen (secondary N) is 1. The summed E-state index contributed by atoms with van der Waals surface area (Å²) in [5.41, 5.74) is 1.81. The fourth-order valence-electron chi connectivity index (χ4n) is 2.89. The van der Waals surface area contributed by atoms with Crippen molar-refractivity contribution in [1.82, 2.24) is 9.80 Å². The molecule has 1 heterocycles. The fourth-order valence-corrected chi connectivity index (χ4v) is 3.07. The number of piperazine rings is 1. The van der Waals surface area contributed by atoms with Gasteiger partial charge < -0.3 is 15.1 Å². The van der Waals surface area contributed by atoms with E-state index in [1.807, 2.05) is 23.1 Å². The molecule has 2 amide bonds. The Hall–Kier alpha value is -2.53. The van der Waals surface area contributed by atoms with Gasteiger partial charge in [0.25, 0.3) is 5.91 Å². The Morgan fingerprint density at radius 1 is 1.30 bits per heavy atom. The molecule has 0 aliphatic carbocycles. The van der Waals surface area contributed by atoms with Crippen LogP contribution < -0.4 is 5.32 Å². The second-order valence-corrected chi connectivity index (χ2v) is 6.75. The van der Waals surface area contributed by atoms with Gasteiger partial charge >= 0.3 is 0 Å². The molecule has 5 nitrogen and oxygen atoms in total. The van der Waals surface area contributed by atoms with Crippen LogP contribution in [0.3, 0.4) is 0 Å². The molecule has 1 aromatic carbocycles. The number of halogens is 1. The van der Waals surface area contributed by atoms with Crippen LogP contribution in [0.5, 0.6) is 0 Å². The van der Waals surface area contributed by atoms with Gasteiger partial charge in [-0.15, -0.1) is 0 Å². The normalized spacial score (nSPS) is 14.9. The lowest BCUT2D eigenvalue weighted by atomic mass is 10.1. The van der Waals surface area contributed by atoms with Crippen LogP contribution in [0, 0.1) is 0 Å². The Morgan fingerprint density at radius 3 is 2.67 bits per heavy atom. The van der Waals surface area contributed by atoms with Crippen molar-refractivity contribution in [3.8, 4) is 0 Å². The zero-order valence-corrected chi connectivity index (χ0v) is 16.5. The molecule has 6 heteroatoms. The predicted molar refractivity (Wildman–Crippen MR) is 110 cm³/mol. The molecular weight excluding hydrogens is 362 g/mol. The number of para-hydroxylation sites is 1.